The first-order chi connectivity index (χ1) is 15.2. The Morgan fingerprint density at radius 1 is 1.16 bits per heavy atom. The van der Waals surface area contributed by atoms with Crippen LogP contribution in [0.2, 0.25) is 0 Å². The number of aromatic amines is 1. The lowest BCUT2D eigenvalue weighted by atomic mass is 9.87. The van der Waals surface area contributed by atoms with Crippen LogP contribution in [0.4, 0.5) is 5.82 Å². The van der Waals surface area contributed by atoms with E-state index in [9.17, 15) is 0 Å². The van der Waals surface area contributed by atoms with E-state index in [0.29, 0.717) is 6.04 Å². The second-order valence-electron chi connectivity index (χ2n) is 8.93. The predicted molar refractivity (Wildman–Crippen MR) is 124 cm³/mol. The van der Waals surface area contributed by atoms with Gasteiger partial charge in [0.25, 0.3) is 0 Å². The number of benzene rings is 1. The standard InChI is InChI=1S/C25H28N6/c1-16-13-27-25-21(16)12-18(14-28-25)17-10-19-15-31(24-5-8-29-30(24)2)9-6-20(19)22(11-17)23-4-3-7-26-23/h5,8,10-14,23,26H,3-4,6-7,9,15H2,1-2H3,(H,27,28)/t23-/m0/s1. The van der Waals surface area contributed by atoms with E-state index in [4.69, 9.17) is 4.98 Å². The van der Waals surface area contributed by atoms with Crippen molar-refractivity contribution < 1.29 is 0 Å². The highest BCUT2D eigenvalue weighted by atomic mass is 15.4. The number of hydrogen-bond donors (Lipinski definition) is 2. The van der Waals surface area contributed by atoms with Crippen LogP contribution < -0.4 is 10.2 Å². The molecule has 158 valence electrons. The largest absolute Gasteiger partial charge is 0.352 e. The minimum Gasteiger partial charge on any atom is -0.352 e. The maximum atomic E-state index is 4.69. The molecule has 2 aliphatic heterocycles. The van der Waals surface area contributed by atoms with Gasteiger partial charge in [-0.25, -0.2) is 4.98 Å². The fraction of sp³-hybridized carbons (Fsp3) is 0.360. The second kappa shape index (κ2) is 7.24. The summed E-state index contributed by atoms with van der Waals surface area (Å²) in [7, 11) is 2.02. The van der Waals surface area contributed by atoms with Crippen molar-refractivity contribution in [2.75, 3.05) is 18.0 Å². The predicted octanol–water partition coefficient (Wildman–Crippen LogP) is 4.26. The van der Waals surface area contributed by atoms with Crippen molar-refractivity contribution in [3.05, 3.63) is 65.1 Å². The molecule has 1 fully saturated rings. The first-order valence-electron chi connectivity index (χ1n) is 11.2. The summed E-state index contributed by atoms with van der Waals surface area (Å²) in [5.74, 6) is 1.18. The number of fused-ring (bicyclic) bond motifs is 2. The van der Waals surface area contributed by atoms with Crippen LogP contribution in [-0.4, -0.2) is 32.8 Å². The maximum absolute atomic E-state index is 4.69. The fourth-order valence-electron chi connectivity index (χ4n) is 5.33. The van der Waals surface area contributed by atoms with E-state index in [1.54, 1.807) is 0 Å². The summed E-state index contributed by atoms with van der Waals surface area (Å²) in [4.78, 5) is 10.4. The lowest BCUT2D eigenvalue weighted by molar-refractivity contribution is 0.620. The normalized spacial score (nSPS) is 18.6. The number of aromatic nitrogens is 4. The van der Waals surface area contributed by atoms with Crippen molar-refractivity contribution in [2.45, 2.75) is 38.8 Å². The number of H-pyrrole nitrogens is 1. The average Bonchev–Trinajstić information content (AvgIpc) is 3.54. The SMILES string of the molecule is Cc1c[nH]c2ncc(-c3cc4c(c([C@@H]5CCCN5)c3)CCN(c3ccnn3C)C4)cc12. The summed E-state index contributed by atoms with van der Waals surface area (Å²) < 4.78 is 1.97. The quantitative estimate of drug-likeness (QED) is 0.528. The molecule has 6 nitrogen and oxygen atoms in total. The van der Waals surface area contributed by atoms with Gasteiger partial charge in [0.2, 0.25) is 0 Å². The van der Waals surface area contributed by atoms with E-state index >= 15 is 0 Å². The number of aryl methyl sites for hydroxylation is 2. The summed E-state index contributed by atoms with van der Waals surface area (Å²) in [6.45, 7) is 5.20. The Bertz CT molecular complexity index is 1260. The zero-order valence-corrected chi connectivity index (χ0v) is 18.2. The van der Waals surface area contributed by atoms with Crippen LogP contribution in [0.1, 0.15) is 41.1 Å². The van der Waals surface area contributed by atoms with Gasteiger partial charge >= 0.3 is 0 Å². The van der Waals surface area contributed by atoms with Crippen LogP contribution in [0.15, 0.2) is 42.9 Å². The number of nitrogens with zero attached hydrogens (tertiary/aromatic N) is 4. The number of rotatable bonds is 3. The highest BCUT2D eigenvalue weighted by Gasteiger charge is 2.26. The number of pyridine rings is 1. The van der Waals surface area contributed by atoms with Crippen LogP contribution in [-0.2, 0) is 20.0 Å². The van der Waals surface area contributed by atoms with Crippen LogP contribution >= 0.6 is 0 Å². The Morgan fingerprint density at radius 3 is 2.90 bits per heavy atom. The van der Waals surface area contributed by atoms with Gasteiger partial charge in [-0.15, -0.1) is 0 Å². The van der Waals surface area contributed by atoms with Crippen molar-refractivity contribution in [3.8, 4) is 11.1 Å². The molecule has 0 spiro atoms. The molecule has 0 aliphatic carbocycles. The van der Waals surface area contributed by atoms with Crippen LogP contribution in [0.3, 0.4) is 0 Å². The van der Waals surface area contributed by atoms with Crippen molar-refractivity contribution in [1.82, 2.24) is 25.1 Å². The molecule has 1 aromatic carbocycles. The second-order valence-corrected chi connectivity index (χ2v) is 8.93. The molecular formula is C25H28N6. The van der Waals surface area contributed by atoms with E-state index in [1.807, 2.05) is 30.3 Å². The smallest absolute Gasteiger partial charge is 0.137 e. The van der Waals surface area contributed by atoms with Crippen LogP contribution in [0.25, 0.3) is 22.2 Å². The Hall–Kier alpha value is -3.12. The summed E-state index contributed by atoms with van der Waals surface area (Å²) in [6.07, 6.45) is 9.47. The molecule has 6 rings (SSSR count). The maximum Gasteiger partial charge on any atom is 0.137 e. The van der Waals surface area contributed by atoms with Gasteiger partial charge in [-0.3, -0.25) is 4.68 Å². The molecule has 1 atom stereocenters. The van der Waals surface area contributed by atoms with Crippen LogP contribution in [0, 0.1) is 6.92 Å². The average molecular weight is 413 g/mol. The van der Waals surface area contributed by atoms with E-state index < -0.39 is 0 Å². The van der Waals surface area contributed by atoms with Gasteiger partial charge in [0.05, 0.1) is 6.20 Å². The van der Waals surface area contributed by atoms with Gasteiger partial charge < -0.3 is 15.2 Å². The summed E-state index contributed by atoms with van der Waals surface area (Å²) in [5, 5.41) is 9.32. The molecule has 3 aromatic heterocycles. The minimum absolute atomic E-state index is 0.461. The third-order valence-electron chi connectivity index (χ3n) is 7.00. The van der Waals surface area contributed by atoms with Crippen LogP contribution in [0.5, 0.6) is 0 Å². The molecule has 1 saturated heterocycles. The van der Waals surface area contributed by atoms with Gasteiger partial charge in [-0.2, -0.15) is 5.10 Å². The molecule has 2 N–H and O–H groups in total. The summed E-state index contributed by atoms with van der Waals surface area (Å²) in [5.41, 5.74) is 9.11. The van der Waals surface area contributed by atoms with Crippen molar-refractivity contribution in [2.24, 2.45) is 7.05 Å². The highest BCUT2D eigenvalue weighted by molar-refractivity contribution is 5.84. The van der Waals surface area contributed by atoms with Crippen molar-refractivity contribution in [1.29, 1.82) is 0 Å². The molecule has 0 bridgehead atoms. The third-order valence-corrected chi connectivity index (χ3v) is 7.00. The zero-order valence-electron chi connectivity index (χ0n) is 18.2. The Balaban J connectivity index is 1.47. The molecule has 4 aromatic rings. The zero-order chi connectivity index (χ0) is 20.9. The molecule has 0 amide bonds. The van der Waals surface area contributed by atoms with Gasteiger partial charge in [-0.1, -0.05) is 0 Å². The van der Waals surface area contributed by atoms with Crippen molar-refractivity contribution in [3.63, 3.8) is 0 Å². The molecule has 0 radical (unpaired) electrons. The highest BCUT2D eigenvalue weighted by Crippen LogP contribution is 2.37. The van der Waals surface area contributed by atoms with E-state index in [2.05, 4.69) is 51.5 Å². The third kappa shape index (κ3) is 3.13. The molecule has 0 saturated carbocycles. The molecular weight excluding hydrogens is 384 g/mol. The Labute approximate surface area is 182 Å². The Kier molecular flexibility index (Phi) is 4.35. The van der Waals surface area contributed by atoms with E-state index in [1.165, 1.54) is 57.4 Å². The first-order valence-corrected chi connectivity index (χ1v) is 11.2. The number of anilines is 1. The molecule has 0 unspecified atom stereocenters. The molecule has 6 heteroatoms. The first kappa shape index (κ1) is 18.6. The molecule has 31 heavy (non-hydrogen) atoms. The van der Waals surface area contributed by atoms with Gasteiger partial charge in [-0.05, 0) is 78.7 Å². The van der Waals surface area contributed by atoms with Crippen molar-refractivity contribution >= 4 is 16.9 Å². The lowest BCUT2D eigenvalue weighted by Gasteiger charge is -2.33. The number of nitrogens with one attached hydrogen (secondary N) is 2. The fourth-order valence-corrected chi connectivity index (χ4v) is 5.33. The summed E-state index contributed by atoms with van der Waals surface area (Å²) >= 11 is 0. The minimum atomic E-state index is 0.461. The summed E-state index contributed by atoms with van der Waals surface area (Å²) in [6, 6.07) is 9.67. The molecule has 2 aliphatic rings. The van der Waals surface area contributed by atoms with E-state index in [0.717, 1.165) is 31.7 Å². The van der Waals surface area contributed by atoms with Gasteiger partial charge in [0.1, 0.15) is 11.5 Å². The number of hydrogen-bond acceptors (Lipinski definition) is 4. The lowest BCUT2D eigenvalue weighted by Crippen LogP contribution is -2.33. The monoisotopic (exact) mass is 412 g/mol. The Morgan fingerprint density at radius 2 is 2.10 bits per heavy atom. The van der Waals surface area contributed by atoms with Gasteiger partial charge in [0, 0.05) is 55.6 Å². The topological polar surface area (TPSA) is 61.8 Å². The molecule has 5 heterocycles. The van der Waals surface area contributed by atoms with E-state index in [-0.39, 0.29) is 0 Å². The van der Waals surface area contributed by atoms with Gasteiger partial charge in [0.15, 0.2) is 0 Å².